The van der Waals surface area contributed by atoms with E-state index in [1.165, 1.54) is 11.9 Å². The van der Waals surface area contributed by atoms with Crippen LogP contribution in [0.3, 0.4) is 0 Å². The Hall–Kier alpha value is -1.70. The van der Waals surface area contributed by atoms with Crippen molar-refractivity contribution in [3.63, 3.8) is 0 Å². The topological polar surface area (TPSA) is 55.8 Å². The number of esters is 1. The van der Waals surface area contributed by atoms with Crippen molar-refractivity contribution in [3.05, 3.63) is 0 Å². The molecule has 0 aliphatic rings. The molecule has 0 aliphatic heterocycles. The molecule has 0 radical (unpaired) electrons. The maximum atomic E-state index is 11.7. The van der Waals surface area contributed by atoms with Crippen LogP contribution in [0.2, 0.25) is 0 Å². The Kier molecular flexibility index (Phi) is 9.33. The van der Waals surface area contributed by atoms with E-state index >= 15 is 0 Å². The van der Waals surface area contributed by atoms with Gasteiger partial charge in [0.2, 0.25) is 0 Å². The monoisotopic (exact) mass is 269 g/mol. The minimum Gasteiger partial charge on any atom is -0.464 e. The predicted octanol–water partition coefficient (Wildman–Crippen LogP) is 2.20. The second-order valence-electron chi connectivity index (χ2n) is 4.27. The first-order valence-corrected chi connectivity index (χ1v) is 6.54. The number of carbonyl (C=O) groups excluding carboxylic acids is 2. The zero-order chi connectivity index (χ0) is 14.7. The third-order valence-electron chi connectivity index (χ3n) is 2.73. The average Bonchev–Trinajstić information content (AvgIpc) is 2.42. The molecule has 5 nitrogen and oxygen atoms in total. The number of hydrogen-bond donors (Lipinski definition) is 0. The number of terminal acetylenes is 1. The molecule has 0 spiro atoms. The van der Waals surface area contributed by atoms with Crippen LogP contribution in [0.15, 0.2) is 0 Å². The summed E-state index contributed by atoms with van der Waals surface area (Å²) in [5.74, 6) is 1.76. The maximum absolute atomic E-state index is 11.7. The molecule has 0 aromatic carbocycles. The molecule has 0 bridgehead atoms. The lowest BCUT2D eigenvalue weighted by Gasteiger charge is -2.22. The van der Waals surface area contributed by atoms with Crippen molar-refractivity contribution in [2.24, 2.45) is 0 Å². The van der Waals surface area contributed by atoms with Crippen molar-refractivity contribution < 1.29 is 19.1 Å². The van der Waals surface area contributed by atoms with E-state index in [0.717, 1.165) is 25.7 Å². The lowest BCUT2D eigenvalue weighted by Crippen LogP contribution is -2.41. The van der Waals surface area contributed by atoms with E-state index in [0.29, 0.717) is 6.61 Å². The fourth-order valence-corrected chi connectivity index (χ4v) is 1.34. The molecule has 0 aromatic rings. The van der Waals surface area contributed by atoms with Crippen LogP contribution in [0.5, 0.6) is 0 Å². The van der Waals surface area contributed by atoms with Gasteiger partial charge in [0.1, 0.15) is 6.04 Å². The summed E-state index contributed by atoms with van der Waals surface area (Å²) >= 11 is 0. The predicted molar refractivity (Wildman–Crippen MR) is 72.5 cm³/mol. The van der Waals surface area contributed by atoms with Crippen molar-refractivity contribution >= 4 is 12.1 Å². The Labute approximate surface area is 115 Å². The summed E-state index contributed by atoms with van der Waals surface area (Å²) in [6, 6.07) is -0.684. The van der Waals surface area contributed by atoms with Crippen LogP contribution in [0.25, 0.3) is 0 Å². The number of carbonyl (C=O) groups is 2. The Morgan fingerprint density at radius 2 is 1.95 bits per heavy atom. The molecule has 108 valence electrons. The molecule has 0 saturated carbocycles. The molecule has 0 saturated heterocycles. The van der Waals surface area contributed by atoms with Gasteiger partial charge in [0.05, 0.1) is 6.61 Å². The largest absolute Gasteiger partial charge is 0.464 e. The first-order valence-electron chi connectivity index (χ1n) is 6.54. The standard InChI is InChI=1S/C14H23NO4/c1-5-7-8-9-11-18-13(16)12(3)15(4)14(17)19-10-6-2/h2,12H,5,7-11H2,1,3-4H3. The molecule has 0 aromatic heterocycles. The van der Waals surface area contributed by atoms with Crippen molar-refractivity contribution in [2.75, 3.05) is 20.3 Å². The third kappa shape index (κ3) is 7.35. The molecule has 0 fully saturated rings. The van der Waals surface area contributed by atoms with Gasteiger partial charge in [-0.05, 0) is 13.3 Å². The summed E-state index contributed by atoms with van der Waals surface area (Å²) in [4.78, 5) is 24.3. The van der Waals surface area contributed by atoms with Crippen molar-refractivity contribution in [1.29, 1.82) is 0 Å². The molecular formula is C14H23NO4. The summed E-state index contributed by atoms with van der Waals surface area (Å²) < 4.78 is 9.82. The molecule has 1 amide bonds. The zero-order valence-electron chi connectivity index (χ0n) is 12.0. The van der Waals surface area contributed by atoms with E-state index in [2.05, 4.69) is 12.8 Å². The van der Waals surface area contributed by atoms with Gasteiger partial charge < -0.3 is 9.47 Å². The lowest BCUT2D eigenvalue weighted by atomic mass is 10.2. The summed E-state index contributed by atoms with van der Waals surface area (Å²) in [5, 5.41) is 0. The van der Waals surface area contributed by atoms with Gasteiger partial charge in [-0.3, -0.25) is 4.90 Å². The summed E-state index contributed by atoms with van der Waals surface area (Å²) in [7, 11) is 1.47. The Balaban J connectivity index is 3.97. The molecule has 19 heavy (non-hydrogen) atoms. The third-order valence-corrected chi connectivity index (χ3v) is 2.73. The molecule has 5 heteroatoms. The van der Waals surface area contributed by atoms with Crippen molar-refractivity contribution in [1.82, 2.24) is 4.90 Å². The number of rotatable bonds is 8. The quantitative estimate of drug-likeness (QED) is 0.385. The molecule has 1 unspecified atom stereocenters. The van der Waals surface area contributed by atoms with Gasteiger partial charge in [-0.2, -0.15) is 0 Å². The van der Waals surface area contributed by atoms with Gasteiger partial charge in [0.25, 0.3) is 0 Å². The van der Waals surface area contributed by atoms with Crippen LogP contribution < -0.4 is 0 Å². The number of ether oxygens (including phenoxy) is 2. The highest BCUT2D eigenvalue weighted by atomic mass is 16.6. The highest BCUT2D eigenvalue weighted by Crippen LogP contribution is 2.04. The van der Waals surface area contributed by atoms with E-state index in [1.807, 2.05) is 0 Å². The highest BCUT2D eigenvalue weighted by Gasteiger charge is 2.24. The van der Waals surface area contributed by atoms with Crippen molar-refractivity contribution in [2.45, 2.75) is 45.6 Å². The fourth-order valence-electron chi connectivity index (χ4n) is 1.34. The second-order valence-corrected chi connectivity index (χ2v) is 4.27. The highest BCUT2D eigenvalue weighted by molar-refractivity contribution is 5.80. The summed E-state index contributed by atoms with van der Waals surface area (Å²) in [6.45, 7) is 3.98. The smallest absolute Gasteiger partial charge is 0.411 e. The van der Waals surface area contributed by atoms with E-state index in [9.17, 15) is 9.59 Å². The minimum atomic E-state index is -0.684. The number of amides is 1. The molecular weight excluding hydrogens is 246 g/mol. The lowest BCUT2D eigenvalue weighted by molar-refractivity contribution is -0.148. The molecule has 0 heterocycles. The van der Waals surface area contributed by atoms with E-state index < -0.39 is 18.1 Å². The molecule has 0 aliphatic carbocycles. The van der Waals surface area contributed by atoms with Gasteiger partial charge in [0.15, 0.2) is 6.61 Å². The molecule has 0 N–H and O–H groups in total. The number of unbranched alkanes of at least 4 members (excludes halogenated alkanes) is 3. The normalized spacial score (nSPS) is 11.3. The van der Waals surface area contributed by atoms with Crippen LogP contribution in [-0.2, 0) is 14.3 Å². The fraction of sp³-hybridized carbons (Fsp3) is 0.714. The minimum absolute atomic E-state index is 0.109. The maximum Gasteiger partial charge on any atom is 0.411 e. The number of nitrogens with zero attached hydrogens (tertiary/aromatic N) is 1. The van der Waals surface area contributed by atoms with Crippen LogP contribution in [0.4, 0.5) is 4.79 Å². The van der Waals surface area contributed by atoms with Gasteiger partial charge in [0, 0.05) is 7.05 Å². The van der Waals surface area contributed by atoms with E-state index in [4.69, 9.17) is 15.9 Å². The molecule has 1 atom stereocenters. The Bertz CT molecular complexity index is 322. The first-order chi connectivity index (χ1) is 9.04. The SMILES string of the molecule is C#CCOC(=O)N(C)C(C)C(=O)OCCCCCC. The number of likely N-dealkylation sites (N-methyl/N-ethyl adjacent to an activating group) is 1. The van der Waals surface area contributed by atoms with Gasteiger partial charge in [-0.1, -0.05) is 32.1 Å². The van der Waals surface area contributed by atoms with E-state index in [-0.39, 0.29) is 6.61 Å². The second kappa shape index (κ2) is 10.2. The number of hydrogen-bond acceptors (Lipinski definition) is 4. The molecule has 0 rings (SSSR count). The zero-order valence-corrected chi connectivity index (χ0v) is 12.0. The van der Waals surface area contributed by atoms with Gasteiger partial charge in [-0.15, -0.1) is 6.42 Å². The van der Waals surface area contributed by atoms with Crippen LogP contribution in [-0.4, -0.2) is 43.3 Å². The van der Waals surface area contributed by atoms with Crippen LogP contribution in [0.1, 0.15) is 39.5 Å². The average molecular weight is 269 g/mol. The van der Waals surface area contributed by atoms with Gasteiger partial charge >= 0.3 is 12.1 Å². The van der Waals surface area contributed by atoms with Crippen LogP contribution in [0, 0.1) is 12.3 Å². The summed E-state index contributed by atoms with van der Waals surface area (Å²) in [5.41, 5.74) is 0. The van der Waals surface area contributed by atoms with E-state index in [1.54, 1.807) is 6.92 Å². The Morgan fingerprint density at radius 3 is 2.53 bits per heavy atom. The van der Waals surface area contributed by atoms with Crippen molar-refractivity contribution in [3.8, 4) is 12.3 Å². The first kappa shape index (κ1) is 17.3. The van der Waals surface area contributed by atoms with Gasteiger partial charge in [-0.25, -0.2) is 9.59 Å². The summed E-state index contributed by atoms with van der Waals surface area (Å²) in [6.07, 6.45) is 8.50. The Morgan fingerprint density at radius 1 is 1.26 bits per heavy atom. The van der Waals surface area contributed by atoms with Crippen LogP contribution >= 0.6 is 0 Å².